The van der Waals surface area contributed by atoms with Gasteiger partial charge in [0.15, 0.2) is 6.10 Å². The summed E-state index contributed by atoms with van der Waals surface area (Å²) in [6.45, 7) is 6.18. The normalized spacial score (nSPS) is 13.1. The van der Waals surface area contributed by atoms with E-state index in [2.05, 4.69) is 93.7 Å². The van der Waals surface area contributed by atoms with Gasteiger partial charge in [0.1, 0.15) is 13.2 Å². The Kier molecular flexibility index (Phi) is 46.1. The van der Waals surface area contributed by atoms with Crippen LogP contribution < -0.4 is 0 Å². The van der Waals surface area contributed by atoms with Crippen LogP contribution in [0.5, 0.6) is 0 Å². The molecule has 62 heavy (non-hydrogen) atoms. The zero-order valence-corrected chi connectivity index (χ0v) is 39.6. The number of carbonyl (C=O) groups is 3. The van der Waals surface area contributed by atoms with E-state index in [4.69, 9.17) is 14.2 Å². The number of allylic oxidation sites excluding steroid dienone is 20. The molecule has 0 radical (unpaired) electrons. The van der Waals surface area contributed by atoms with Crippen molar-refractivity contribution in [2.24, 2.45) is 0 Å². The first-order chi connectivity index (χ1) is 30.5. The van der Waals surface area contributed by atoms with Gasteiger partial charge in [0.25, 0.3) is 0 Å². The van der Waals surface area contributed by atoms with Crippen LogP contribution in [-0.4, -0.2) is 37.2 Å². The maximum atomic E-state index is 12.8. The molecule has 0 rings (SSSR count). The summed E-state index contributed by atoms with van der Waals surface area (Å²) in [4.78, 5) is 37.9. The summed E-state index contributed by atoms with van der Waals surface area (Å²) in [7, 11) is 0. The first-order valence-corrected chi connectivity index (χ1v) is 24.6. The lowest BCUT2D eigenvalue weighted by atomic mass is 10.1. The lowest BCUT2D eigenvalue weighted by Gasteiger charge is -2.18. The largest absolute Gasteiger partial charge is 0.462 e. The second-order valence-electron chi connectivity index (χ2n) is 15.8. The molecule has 0 aromatic heterocycles. The summed E-state index contributed by atoms with van der Waals surface area (Å²) in [5.41, 5.74) is 0. The van der Waals surface area contributed by atoms with Crippen molar-refractivity contribution in [1.29, 1.82) is 0 Å². The van der Waals surface area contributed by atoms with Crippen molar-refractivity contribution in [3.63, 3.8) is 0 Å². The molecule has 0 saturated carbocycles. The van der Waals surface area contributed by atoms with Crippen LogP contribution in [0.3, 0.4) is 0 Å². The van der Waals surface area contributed by atoms with E-state index in [-0.39, 0.29) is 37.5 Å². The standard InChI is InChI=1S/C56H88O6/c1-4-7-10-13-16-19-22-25-28-31-34-37-40-43-46-49-55(58)61-52-53(51-60-54(57)48-45-42-39-36-33-30-27-24-21-18-15-12-9-6-3)62-56(59)50-47-44-41-38-35-32-29-26-23-20-17-14-11-8-5-2/h7-14,16-23,25-26,28-29,53H,4-6,15,24,27,30-52H2,1-3H3/b10-7-,11-8-,12-9-,16-13-,17-14-,21-18-,22-19-,23-20-,28-25-,29-26-. The van der Waals surface area contributed by atoms with Crippen LogP contribution in [0, 0.1) is 0 Å². The highest BCUT2D eigenvalue weighted by atomic mass is 16.6. The molecule has 348 valence electrons. The Balaban J connectivity index is 4.51. The second kappa shape index (κ2) is 49.5. The summed E-state index contributed by atoms with van der Waals surface area (Å²) < 4.78 is 16.7. The summed E-state index contributed by atoms with van der Waals surface area (Å²) in [6, 6.07) is 0. The third-order valence-electron chi connectivity index (χ3n) is 9.88. The minimum atomic E-state index is -0.806. The molecule has 0 aromatic carbocycles. The zero-order chi connectivity index (χ0) is 45.1. The van der Waals surface area contributed by atoms with Gasteiger partial charge in [-0.3, -0.25) is 14.4 Å². The van der Waals surface area contributed by atoms with Crippen molar-refractivity contribution in [3.8, 4) is 0 Å². The lowest BCUT2D eigenvalue weighted by molar-refractivity contribution is -0.167. The van der Waals surface area contributed by atoms with Crippen LogP contribution in [0.25, 0.3) is 0 Å². The van der Waals surface area contributed by atoms with E-state index in [0.29, 0.717) is 12.8 Å². The Hall–Kier alpha value is -4.19. The molecule has 0 spiro atoms. The fourth-order valence-electron chi connectivity index (χ4n) is 6.26. The van der Waals surface area contributed by atoms with Gasteiger partial charge in [-0.15, -0.1) is 0 Å². The second-order valence-corrected chi connectivity index (χ2v) is 15.8. The predicted molar refractivity (Wildman–Crippen MR) is 265 cm³/mol. The number of hydrogen-bond acceptors (Lipinski definition) is 6. The highest BCUT2D eigenvalue weighted by molar-refractivity contribution is 5.71. The number of carbonyl (C=O) groups excluding carboxylic acids is 3. The maximum Gasteiger partial charge on any atom is 0.306 e. The fraction of sp³-hybridized carbons (Fsp3) is 0.589. The van der Waals surface area contributed by atoms with Gasteiger partial charge in [-0.05, 0) is 83.5 Å². The predicted octanol–water partition coefficient (Wildman–Crippen LogP) is 16.1. The molecule has 0 saturated heterocycles. The molecule has 0 aromatic rings. The molecular formula is C56H88O6. The Morgan fingerprint density at radius 1 is 0.339 bits per heavy atom. The van der Waals surface area contributed by atoms with E-state index in [9.17, 15) is 14.4 Å². The van der Waals surface area contributed by atoms with Crippen molar-refractivity contribution in [2.75, 3.05) is 13.2 Å². The topological polar surface area (TPSA) is 78.9 Å². The molecule has 0 N–H and O–H groups in total. The number of ether oxygens (including phenoxy) is 3. The van der Waals surface area contributed by atoms with Gasteiger partial charge in [-0.1, -0.05) is 213 Å². The molecule has 6 heteroatoms. The summed E-state index contributed by atoms with van der Waals surface area (Å²) in [5, 5.41) is 0. The van der Waals surface area contributed by atoms with Crippen LogP contribution >= 0.6 is 0 Å². The molecular weight excluding hydrogens is 769 g/mol. The van der Waals surface area contributed by atoms with Gasteiger partial charge < -0.3 is 14.2 Å². The molecule has 6 nitrogen and oxygen atoms in total. The molecule has 0 aliphatic rings. The van der Waals surface area contributed by atoms with Gasteiger partial charge in [0.2, 0.25) is 0 Å². The van der Waals surface area contributed by atoms with Crippen LogP contribution in [-0.2, 0) is 28.6 Å². The number of unbranched alkanes of at least 4 members (excludes halogenated alkanes) is 17. The molecule has 0 amide bonds. The van der Waals surface area contributed by atoms with Crippen molar-refractivity contribution in [1.82, 2.24) is 0 Å². The monoisotopic (exact) mass is 857 g/mol. The van der Waals surface area contributed by atoms with Crippen molar-refractivity contribution in [2.45, 2.75) is 200 Å². The SMILES string of the molecule is CC\C=C/C=C\C=C/C=C\CCCCCCCC(=O)OCC(COC(=O)CCCCCCCCC/C=C\C/C=C\CC)OC(=O)CCCCCCC\C=C/C=C\C=C/C=C\CC. The Morgan fingerprint density at radius 3 is 1.08 bits per heavy atom. The zero-order valence-electron chi connectivity index (χ0n) is 39.6. The quantitative estimate of drug-likeness (QED) is 0.0200. The third-order valence-corrected chi connectivity index (χ3v) is 9.88. The van der Waals surface area contributed by atoms with E-state index >= 15 is 0 Å². The minimum absolute atomic E-state index is 0.104. The molecule has 0 fully saturated rings. The van der Waals surface area contributed by atoms with E-state index in [1.165, 1.54) is 25.7 Å². The Morgan fingerprint density at radius 2 is 0.661 bits per heavy atom. The molecule has 0 bridgehead atoms. The highest BCUT2D eigenvalue weighted by Crippen LogP contribution is 2.13. The molecule has 0 aliphatic heterocycles. The van der Waals surface area contributed by atoms with Gasteiger partial charge in [-0.25, -0.2) is 0 Å². The van der Waals surface area contributed by atoms with Gasteiger partial charge in [0, 0.05) is 19.3 Å². The number of hydrogen-bond donors (Lipinski definition) is 0. The molecule has 1 unspecified atom stereocenters. The summed E-state index contributed by atoms with van der Waals surface area (Å²) in [5.74, 6) is -0.969. The molecule has 0 heterocycles. The molecule has 0 aliphatic carbocycles. The maximum absolute atomic E-state index is 12.8. The van der Waals surface area contributed by atoms with Crippen LogP contribution in [0.1, 0.15) is 194 Å². The van der Waals surface area contributed by atoms with Crippen LogP contribution in [0.4, 0.5) is 0 Å². The highest BCUT2D eigenvalue weighted by Gasteiger charge is 2.19. The van der Waals surface area contributed by atoms with Crippen molar-refractivity contribution in [3.05, 3.63) is 122 Å². The molecule has 1 atom stereocenters. The van der Waals surface area contributed by atoms with E-state index in [1.54, 1.807) is 0 Å². The van der Waals surface area contributed by atoms with Gasteiger partial charge in [-0.2, -0.15) is 0 Å². The first-order valence-electron chi connectivity index (χ1n) is 24.6. The summed E-state index contributed by atoms with van der Waals surface area (Å²) in [6.07, 6.45) is 67.4. The Labute approximate surface area is 380 Å². The third kappa shape index (κ3) is 46.9. The van der Waals surface area contributed by atoms with Crippen LogP contribution in [0.2, 0.25) is 0 Å². The number of esters is 3. The Bertz CT molecular complexity index is 1350. The lowest BCUT2D eigenvalue weighted by Crippen LogP contribution is -2.30. The average Bonchev–Trinajstić information content (AvgIpc) is 3.27. The van der Waals surface area contributed by atoms with Gasteiger partial charge in [0.05, 0.1) is 0 Å². The van der Waals surface area contributed by atoms with E-state index in [1.807, 2.05) is 48.6 Å². The van der Waals surface area contributed by atoms with Crippen molar-refractivity contribution >= 4 is 17.9 Å². The van der Waals surface area contributed by atoms with Crippen molar-refractivity contribution < 1.29 is 28.6 Å². The smallest absolute Gasteiger partial charge is 0.306 e. The number of rotatable bonds is 42. The first kappa shape index (κ1) is 57.8. The fourth-order valence-corrected chi connectivity index (χ4v) is 6.26. The summed E-state index contributed by atoms with van der Waals surface area (Å²) >= 11 is 0. The van der Waals surface area contributed by atoms with E-state index in [0.717, 1.165) is 128 Å². The van der Waals surface area contributed by atoms with Gasteiger partial charge >= 0.3 is 17.9 Å². The van der Waals surface area contributed by atoms with Crippen LogP contribution in [0.15, 0.2) is 122 Å². The minimum Gasteiger partial charge on any atom is -0.462 e. The average molecular weight is 857 g/mol. The van der Waals surface area contributed by atoms with E-state index < -0.39 is 6.10 Å².